The second-order valence-electron chi connectivity index (χ2n) is 3.65. The highest BCUT2D eigenvalue weighted by molar-refractivity contribution is 5.42. The normalized spacial score (nSPS) is 12.1. The molecule has 2 nitrogen and oxygen atoms in total. The number of nitrogens with one attached hydrogen (secondary N) is 1. The van der Waals surface area contributed by atoms with Crippen molar-refractivity contribution in [3.05, 3.63) is 60.2 Å². The van der Waals surface area contributed by atoms with E-state index in [2.05, 4.69) is 29.4 Å². The average Bonchev–Trinajstić information content (AvgIpc) is 2.33. The Balaban J connectivity index is 2.08. The number of aromatic nitrogens is 1. The van der Waals surface area contributed by atoms with Crippen LogP contribution in [0, 0.1) is 5.95 Å². The quantitative estimate of drug-likeness (QED) is 0.795. The first-order valence-corrected chi connectivity index (χ1v) is 5.19. The first-order valence-electron chi connectivity index (χ1n) is 5.19. The van der Waals surface area contributed by atoms with E-state index in [9.17, 15) is 4.39 Å². The number of halogens is 1. The predicted molar refractivity (Wildman–Crippen MR) is 62.7 cm³/mol. The van der Waals surface area contributed by atoms with E-state index >= 15 is 0 Å². The molecule has 0 aliphatic rings. The standard InChI is InChI=1S/C13H13FN2/c1-10(11-5-3-2-4-6-11)16-12-7-8-13(14)15-9-12/h2-10,16H,1H3. The summed E-state index contributed by atoms with van der Waals surface area (Å²) in [4.78, 5) is 3.60. The summed E-state index contributed by atoms with van der Waals surface area (Å²) >= 11 is 0. The zero-order valence-corrected chi connectivity index (χ0v) is 9.02. The maximum atomic E-state index is 12.6. The first kappa shape index (κ1) is 10.6. The molecule has 1 aromatic heterocycles. The summed E-state index contributed by atoms with van der Waals surface area (Å²) in [5, 5.41) is 3.26. The van der Waals surface area contributed by atoms with E-state index in [1.165, 1.54) is 17.8 Å². The molecule has 1 unspecified atom stereocenters. The molecule has 0 saturated heterocycles. The molecule has 0 spiro atoms. The Morgan fingerprint density at radius 2 is 1.88 bits per heavy atom. The summed E-state index contributed by atoms with van der Waals surface area (Å²) in [6.07, 6.45) is 1.49. The molecule has 0 fully saturated rings. The van der Waals surface area contributed by atoms with Crippen LogP contribution in [0.5, 0.6) is 0 Å². The van der Waals surface area contributed by atoms with Crippen molar-refractivity contribution >= 4 is 5.69 Å². The van der Waals surface area contributed by atoms with Gasteiger partial charge in [-0.15, -0.1) is 0 Å². The summed E-state index contributed by atoms with van der Waals surface area (Å²) in [5.41, 5.74) is 2.00. The van der Waals surface area contributed by atoms with E-state index in [4.69, 9.17) is 0 Å². The minimum Gasteiger partial charge on any atom is -0.377 e. The third kappa shape index (κ3) is 2.57. The van der Waals surface area contributed by atoms with E-state index < -0.39 is 5.95 Å². The topological polar surface area (TPSA) is 24.9 Å². The molecule has 0 aliphatic heterocycles. The number of benzene rings is 1. The molecular weight excluding hydrogens is 203 g/mol. The largest absolute Gasteiger partial charge is 0.377 e. The molecule has 1 aromatic carbocycles. The molecule has 3 heteroatoms. The molecule has 2 aromatic rings. The van der Waals surface area contributed by atoms with Crippen LogP contribution < -0.4 is 5.32 Å². The lowest BCUT2D eigenvalue weighted by molar-refractivity contribution is 0.584. The lowest BCUT2D eigenvalue weighted by Crippen LogP contribution is -2.06. The smallest absolute Gasteiger partial charge is 0.212 e. The fourth-order valence-electron chi connectivity index (χ4n) is 1.54. The van der Waals surface area contributed by atoms with Crippen LogP contribution in [0.4, 0.5) is 10.1 Å². The van der Waals surface area contributed by atoms with Crippen molar-refractivity contribution < 1.29 is 4.39 Å². The van der Waals surface area contributed by atoms with Gasteiger partial charge in [-0.1, -0.05) is 30.3 Å². The molecule has 0 amide bonds. The first-order chi connectivity index (χ1) is 7.75. The molecular formula is C13H13FN2. The number of nitrogens with zero attached hydrogens (tertiary/aromatic N) is 1. The minimum absolute atomic E-state index is 0.175. The van der Waals surface area contributed by atoms with Crippen LogP contribution in [-0.4, -0.2) is 4.98 Å². The van der Waals surface area contributed by atoms with Gasteiger partial charge in [0.2, 0.25) is 5.95 Å². The zero-order valence-electron chi connectivity index (χ0n) is 9.02. The van der Waals surface area contributed by atoms with Crippen molar-refractivity contribution in [1.29, 1.82) is 0 Å². The highest BCUT2D eigenvalue weighted by Gasteiger charge is 2.04. The van der Waals surface area contributed by atoms with Gasteiger partial charge in [-0.25, -0.2) is 4.98 Å². The van der Waals surface area contributed by atoms with Crippen LogP contribution in [0.3, 0.4) is 0 Å². The molecule has 0 radical (unpaired) electrons. The van der Waals surface area contributed by atoms with Crippen LogP contribution in [0.1, 0.15) is 18.5 Å². The van der Waals surface area contributed by atoms with Crippen molar-refractivity contribution in [3.63, 3.8) is 0 Å². The van der Waals surface area contributed by atoms with Crippen LogP contribution in [0.15, 0.2) is 48.7 Å². The SMILES string of the molecule is CC(Nc1ccc(F)nc1)c1ccccc1. The van der Waals surface area contributed by atoms with E-state index in [1.807, 2.05) is 18.2 Å². The average molecular weight is 216 g/mol. The molecule has 16 heavy (non-hydrogen) atoms. The van der Waals surface area contributed by atoms with E-state index in [0.29, 0.717) is 0 Å². The lowest BCUT2D eigenvalue weighted by atomic mass is 10.1. The number of hydrogen-bond donors (Lipinski definition) is 1. The fraction of sp³-hybridized carbons (Fsp3) is 0.154. The van der Waals surface area contributed by atoms with E-state index in [1.54, 1.807) is 6.07 Å². The third-order valence-electron chi connectivity index (χ3n) is 2.41. The second-order valence-corrected chi connectivity index (χ2v) is 3.65. The van der Waals surface area contributed by atoms with Crippen molar-refractivity contribution in [2.24, 2.45) is 0 Å². The van der Waals surface area contributed by atoms with Crippen molar-refractivity contribution in [3.8, 4) is 0 Å². The van der Waals surface area contributed by atoms with Gasteiger partial charge in [0.15, 0.2) is 0 Å². The summed E-state index contributed by atoms with van der Waals surface area (Å²) in [6, 6.07) is 13.3. The summed E-state index contributed by atoms with van der Waals surface area (Å²) in [7, 11) is 0. The van der Waals surface area contributed by atoms with Gasteiger partial charge in [0, 0.05) is 6.04 Å². The Labute approximate surface area is 94.2 Å². The maximum absolute atomic E-state index is 12.6. The maximum Gasteiger partial charge on any atom is 0.212 e. The Kier molecular flexibility index (Phi) is 3.15. The number of anilines is 1. The molecule has 82 valence electrons. The number of hydrogen-bond acceptors (Lipinski definition) is 2. The van der Waals surface area contributed by atoms with Gasteiger partial charge in [0.25, 0.3) is 0 Å². The monoisotopic (exact) mass is 216 g/mol. The summed E-state index contributed by atoms with van der Waals surface area (Å²) < 4.78 is 12.6. The van der Waals surface area contributed by atoms with Gasteiger partial charge in [0.05, 0.1) is 11.9 Å². The van der Waals surface area contributed by atoms with Gasteiger partial charge < -0.3 is 5.32 Å². The van der Waals surface area contributed by atoms with Crippen molar-refractivity contribution in [2.45, 2.75) is 13.0 Å². The molecule has 0 aliphatic carbocycles. The lowest BCUT2D eigenvalue weighted by Gasteiger charge is -2.15. The van der Waals surface area contributed by atoms with Crippen molar-refractivity contribution in [2.75, 3.05) is 5.32 Å². The molecule has 0 saturated carbocycles. The molecule has 1 N–H and O–H groups in total. The van der Waals surface area contributed by atoms with Crippen molar-refractivity contribution in [1.82, 2.24) is 4.98 Å². The third-order valence-corrected chi connectivity index (χ3v) is 2.41. The highest BCUT2D eigenvalue weighted by Crippen LogP contribution is 2.17. The number of rotatable bonds is 3. The van der Waals surface area contributed by atoms with Gasteiger partial charge in [0.1, 0.15) is 0 Å². The van der Waals surface area contributed by atoms with Crippen LogP contribution >= 0.6 is 0 Å². The van der Waals surface area contributed by atoms with Crippen LogP contribution in [0.25, 0.3) is 0 Å². The second kappa shape index (κ2) is 4.75. The summed E-state index contributed by atoms with van der Waals surface area (Å²) in [6.45, 7) is 2.05. The summed E-state index contributed by atoms with van der Waals surface area (Å²) in [5.74, 6) is -0.460. The number of pyridine rings is 1. The molecule has 2 rings (SSSR count). The van der Waals surface area contributed by atoms with Gasteiger partial charge in [-0.05, 0) is 24.6 Å². The zero-order chi connectivity index (χ0) is 11.4. The molecule has 1 heterocycles. The Bertz CT molecular complexity index is 439. The Morgan fingerprint density at radius 1 is 1.12 bits per heavy atom. The van der Waals surface area contributed by atoms with E-state index in [0.717, 1.165) is 5.69 Å². The van der Waals surface area contributed by atoms with E-state index in [-0.39, 0.29) is 6.04 Å². The molecule has 0 bridgehead atoms. The van der Waals surface area contributed by atoms with Gasteiger partial charge in [-0.3, -0.25) is 0 Å². The fourth-order valence-corrected chi connectivity index (χ4v) is 1.54. The van der Waals surface area contributed by atoms with Gasteiger partial charge >= 0.3 is 0 Å². The van der Waals surface area contributed by atoms with Gasteiger partial charge in [-0.2, -0.15) is 4.39 Å². The Morgan fingerprint density at radius 3 is 2.50 bits per heavy atom. The Hall–Kier alpha value is -1.90. The van der Waals surface area contributed by atoms with Crippen LogP contribution in [0.2, 0.25) is 0 Å². The highest BCUT2D eigenvalue weighted by atomic mass is 19.1. The van der Waals surface area contributed by atoms with Crippen LogP contribution in [-0.2, 0) is 0 Å². The minimum atomic E-state index is -0.460. The molecule has 1 atom stereocenters. The predicted octanol–water partition coefficient (Wildman–Crippen LogP) is 3.39.